The molecule has 1 atom stereocenters. The number of aromatic nitrogens is 3. The quantitative estimate of drug-likeness (QED) is 0.753. The fourth-order valence-corrected chi connectivity index (χ4v) is 2.87. The fourth-order valence-electron chi connectivity index (χ4n) is 2.87. The minimum atomic E-state index is -0.349. The lowest BCUT2D eigenvalue weighted by atomic mass is 10.3. The lowest BCUT2D eigenvalue weighted by Crippen LogP contribution is -2.46. The molecule has 3 heterocycles. The molecular formula is C17H18FN5O3. The molecule has 1 saturated heterocycles. The van der Waals surface area contributed by atoms with Crippen molar-refractivity contribution < 1.29 is 13.5 Å². The highest BCUT2D eigenvalue weighted by Crippen LogP contribution is 2.24. The Kier molecular flexibility index (Phi) is 4.29. The molecule has 0 aliphatic carbocycles. The van der Waals surface area contributed by atoms with E-state index in [1.54, 1.807) is 25.5 Å². The van der Waals surface area contributed by atoms with Crippen molar-refractivity contribution in [1.29, 1.82) is 0 Å². The Balaban J connectivity index is 1.45. The minimum Gasteiger partial charge on any atom is -0.423 e. The summed E-state index contributed by atoms with van der Waals surface area (Å²) in [6.07, 6.45) is 3.00. The van der Waals surface area contributed by atoms with E-state index in [0.29, 0.717) is 43.4 Å². The number of anilines is 2. The largest absolute Gasteiger partial charge is 0.423 e. The zero-order chi connectivity index (χ0) is 18.1. The average Bonchev–Trinajstić information content (AvgIpc) is 3.06. The first-order chi connectivity index (χ1) is 12.6. The van der Waals surface area contributed by atoms with E-state index in [1.165, 1.54) is 16.7 Å². The molecule has 1 aliphatic heterocycles. The van der Waals surface area contributed by atoms with Gasteiger partial charge in [0.05, 0.1) is 19.3 Å². The van der Waals surface area contributed by atoms with Crippen LogP contribution in [0, 0.1) is 5.82 Å². The van der Waals surface area contributed by atoms with E-state index in [0.717, 1.165) is 0 Å². The molecule has 0 radical (unpaired) electrons. The van der Waals surface area contributed by atoms with Gasteiger partial charge in [-0.15, -0.1) is 0 Å². The van der Waals surface area contributed by atoms with E-state index in [1.807, 2.05) is 4.90 Å². The van der Waals surface area contributed by atoms with Crippen LogP contribution in [-0.4, -0.2) is 46.9 Å². The Hall–Kier alpha value is -2.94. The van der Waals surface area contributed by atoms with Crippen LogP contribution in [0.1, 0.15) is 0 Å². The third-order valence-electron chi connectivity index (χ3n) is 4.26. The molecular weight excluding hydrogens is 341 g/mol. The number of ether oxygens (including phenoxy) is 1. The molecule has 0 spiro atoms. The first-order valence-electron chi connectivity index (χ1n) is 8.28. The fraction of sp³-hybridized carbons (Fsp3) is 0.353. The molecule has 0 saturated carbocycles. The standard InChI is InChI=1S/C17H18FN5O3/c1-22-5-4-19-15(16(22)24)20-9-12-10-23(6-7-25-12)17-21-13-8-11(18)2-3-14(13)26-17/h2-5,8,12H,6-7,9-10H2,1H3,(H,19,20)/t12-/m1/s1. The van der Waals surface area contributed by atoms with Crippen molar-refractivity contribution in [1.82, 2.24) is 14.5 Å². The maximum absolute atomic E-state index is 13.3. The molecule has 2 aromatic heterocycles. The molecule has 9 heteroatoms. The van der Waals surface area contributed by atoms with Crippen molar-refractivity contribution in [3.05, 3.63) is 46.8 Å². The van der Waals surface area contributed by atoms with Gasteiger partial charge in [-0.05, 0) is 12.1 Å². The molecule has 1 fully saturated rings. The summed E-state index contributed by atoms with van der Waals surface area (Å²) >= 11 is 0. The second-order valence-corrected chi connectivity index (χ2v) is 6.12. The molecule has 136 valence electrons. The second kappa shape index (κ2) is 6.75. The minimum absolute atomic E-state index is 0.165. The SMILES string of the molecule is Cn1ccnc(NC[C@@H]2CN(c3nc4cc(F)ccc4o3)CCO2)c1=O. The van der Waals surface area contributed by atoms with Crippen LogP contribution in [-0.2, 0) is 11.8 Å². The third-order valence-corrected chi connectivity index (χ3v) is 4.26. The number of benzene rings is 1. The molecule has 1 aliphatic rings. The van der Waals surface area contributed by atoms with Crippen molar-refractivity contribution in [3.8, 4) is 0 Å². The van der Waals surface area contributed by atoms with Crippen molar-refractivity contribution >= 4 is 22.9 Å². The number of hydrogen-bond donors (Lipinski definition) is 1. The van der Waals surface area contributed by atoms with Crippen LogP contribution in [0.2, 0.25) is 0 Å². The summed E-state index contributed by atoms with van der Waals surface area (Å²) in [5, 5.41) is 3.03. The molecule has 1 aromatic carbocycles. The van der Waals surface area contributed by atoms with Crippen LogP contribution >= 0.6 is 0 Å². The van der Waals surface area contributed by atoms with Crippen molar-refractivity contribution in [2.45, 2.75) is 6.10 Å². The third kappa shape index (κ3) is 3.25. The highest BCUT2D eigenvalue weighted by Gasteiger charge is 2.24. The van der Waals surface area contributed by atoms with Gasteiger partial charge in [0.2, 0.25) is 0 Å². The van der Waals surface area contributed by atoms with Gasteiger partial charge in [-0.3, -0.25) is 4.79 Å². The number of aryl methyl sites for hydroxylation is 1. The van der Waals surface area contributed by atoms with Gasteiger partial charge in [-0.25, -0.2) is 9.37 Å². The van der Waals surface area contributed by atoms with Gasteiger partial charge in [-0.2, -0.15) is 4.98 Å². The maximum atomic E-state index is 13.3. The first-order valence-corrected chi connectivity index (χ1v) is 8.28. The highest BCUT2D eigenvalue weighted by molar-refractivity contribution is 5.74. The molecule has 0 bridgehead atoms. The van der Waals surface area contributed by atoms with E-state index in [-0.39, 0.29) is 23.3 Å². The maximum Gasteiger partial charge on any atom is 0.298 e. The van der Waals surface area contributed by atoms with E-state index in [9.17, 15) is 9.18 Å². The van der Waals surface area contributed by atoms with E-state index in [4.69, 9.17) is 9.15 Å². The number of rotatable bonds is 4. The zero-order valence-corrected chi connectivity index (χ0v) is 14.2. The average molecular weight is 359 g/mol. The summed E-state index contributed by atoms with van der Waals surface area (Å²) in [4.78, 5) is 22.3. The van der Waals surface area contributed by atoms with Gasteiger partial charge in [-0.1, -0.05) is 0 Å². The van der Waals surface area contributed by atoms with Crippen LogP contribution in [0.4, 0.5) is 16.2 Å². The number of halogens is 1. The first kappa shape index (κ1) is 16.5. The van der Waals surface area contributed by atoms with Crippen LogP contribution < -0.4 is 15.8 Å². The lowest BCUT2D eigenvalue weighted by Gasteiger charge is -2.31. The predicted molar refractivity (Wildman–Crippen MR) is 93.9 cm³/mol. The smallest absolute Gasteiger partial charge is 0.298 e. The van der Waals surface area contributed by atoms with Gasteiger partial charge < -0.3 is 23.9 Å². The van der Waals surface area contributed by atoms with E-state index < -0.39 is 0 Å². The Bertz CT molecular complexity index is 986. The summed E-state index contributed by atoms with van der Waals surface area (Å²) < 4.78 is 26.2. The Morgan fingerprint density at radius 3 is 3.19 bits per heavy atom. The number of fused-ring (bicyclic) bond motifs is 1. The van der Waals surface area contributed by atoms with Gasteiger partial charge in [0.25, 0.3) is 11.6 Å². The van der Waals surface area contributed by atoms with Crippen LogP contribution in [0.15, 0.2) is 39.8 Å². The van der Waals surface area contributed by atoms with Crippen LogP contribution in [0.5, 0.6) is 0 Å². The van der Waals surface area contributed by atoms with Gasteiger partial charge >= 0.3 is 0 Å². The van der Waals surface area contributed by atoms with Gasteiger partial charge in [0, 0.05) is 38.6 Å². The van der Waals surface area contributed by atoms with Gasteiger partial charge in [0.15, 0.2) is 11.4 Å². The topological polar surface area (TPSA) is 85.4 Å². The molecule has 8 nitrogen and oxygen atoms in total. The highest BCUT2D eigenvalue weighted by atomic mass is 19.1. The predicted octanol–water partition coefficient (Wildman–Crippen LogP) is 1.38. The van der Waals surface area contributed by atoms with Gasteiger partial charge in [0.1, 0.15) is 11.3 Å². The number of oxazole rings is 1. The number of nitrogens with zero attached hydrogens (tertiary/aromatic N) is 4. The molecule has 26 heavy (non-hydrogen) atoms. The van der Waals surface area contributed by atoms with E-state index >= 15 is 0 Å². The summed E-state index contributed by atoms with van der Waals surface area (Å²) in [5.74, 6) is -0.0635. The molecule has 0 amide bonds. The van der Waals surface area contributed by atoms with Crippen molar-refractivity contribution in [3.63, 3.8) is 0 Å². The van der Waals surface area contributed by atoms with Crippen molar-refractivity contribution in [2.75, 3.05) is 36.5 Å². The number of nitrogens with one attached hydrogen (secondary N) is 1. The molecule has 3 aromatic rings. The summed E-state index contributed by atoms with van der Waals surface area (Å²) in [7, 11) is 1.67. The second-order valence-electron chi connectivity index (χ2n) is 6.12. The number of morpholine rings is 1. The lowest BCUT2D eigenvalue weighted by molar-refractivity contribution is 0.0475. The molecule has 4 rings (SSSR count). The van der Waals surface area contributed by atoms with E-state index in [2.05, 4.69) is 15.3 Å². The van der Waals surface area contributed by atoms with Crippen LogP contribution in [0.3, 0.4) is 0 Å². The zero-order valence-electron chi connectivity index (χ0n) is 14.2. The Morgan fingerprint density at radius 2 is 2.31 bits per heavy atom. The normalized spacial score (nSPS) is 17.6. The summed E-state index contributed by atoms with van der Waals surface area (Å²) in [6, 6.07) is 4.69. The summed E-state index contributed by atoms with van der Waals surface area (Å²) in [5.41, 5.74) is 0.832. The number of hydrogen-bond acceptors (Lipinski definition) is 7. The molecule has 1 N–H and O–H groups in total. The van der Waals surface area contributed by atoms with Crippen molar-refractivity contribution in [2.24, 2.45) is 7.05 Å². The molecule has 0 unspecified atom stereocenters. The Morgan fingerprint density at radius 1 is 1.42 bits per heavy atom. The summed E-state index contributed by atoms with van der Waals surface area (Å²) in [6.45, 7) is 2.09. The van der Waals surface area contributed by atoms with Crippen LogP contribution in [0.25, 0.3) is 11.1 Å². The monoisotopic (exact) mass is 359 g/mol. The Labute approximate surface area is 148 Å².